The fraction of sp³-hybridized carbons (Fsp3) is 0.286. The van der Waals surface area contributed by atoms with Crippen molar-refractivity contribution in [3.63, 3.8) is 0 Å². The largest absolute Gasteiger partial charge is 0.437 e. The highest BCUT2D eigenvalue weighted by Gasteiger charge is 2.04. The average Bonchev–Trinajstić information content (AvgIpc) is 2.40. The van der Waals surface area contributed by atoms with Gasteiger partial charge in [-0.2, -0.15) is 0 Å². The molecule has 0 unspecified atom stereocenters. The molecule has 0 aliphatic rings. The third-order valence-electron chi connectivity index (χ3n) is 2.46. The summed E-state index contributed by atoms with van der Waals surface area (Å²) in [6, 6.07) is 7.27. The highest BCUT2D eigenvalue weighted by atomic mass is 16.5. The summed E-state index contributed by atoms with van der Waals surface area (Å²) in [6.45, 7) is 2.08. The van der Waals surface area contributed by atoms with Crippen LogP contribution in [0.4, 0.5) is 0 Å². The van der Waals surface area contributed by atoms with Crippen molar-refractivity contribution in [2.45, 2.75) is 26.4 Å². The van der Waals surface area contributed by atoms with Crippen molar-refractivity contribution < 1.29 is 9.84 Å². The first-order valence-electron chi connectivity index (χ1n) is 6.00. The van der Waals surface area contributed by atoms with E-state index in [1.54, 1.807) is 24.5 Å². The van der Waals surface area contributed by atoms with E-state index >= 15 is 0 Å². The van der Waals surface area contributed by atoms with Gasteiger partial charge in [0.15, 0.2) is 0 Å². The third-order valence-corrected chi connectivity index (χ3v) is 2.46. The summed E-state index contributed by atoms with van der Waals surface area (Å²) in [4.78, 5) is 8.39. The first-order chi connectivity index (χ1) is 8.81. The number of aliphatic hydroxyl groups excluding tert-OH is 1. The van der Waals surface area contributed by atoms with Crippen LogP contribution in [0, 0.1) is 0 Å². The summed E-state index contributed by atoms with van der Waals surface area (Å²) in [5.74, 6) is 1.14. The molecule has 0 aliphatic carbocycles. The minimum atomic E-state index is -0.0113. The lowest BCUT2D eigenvalue weighted by molar-refractivity contribution is 0.280. The fourth-order valence-corrected chi connectivity index (χ4v) is 1.68. The van der Waals surface area contributed by atoms with Gasteiger partial charge in [0.05, 0.1) is 12.8 Å². The first-order valence-corrected chi connectivity index (χ1v) is 6.00. The number of hydrogen-bond donors (Lipinski definition) is 1. The van der Waals surface area contributed by atoms with Crippen LogP contribution in [0.1, 0.15) is 24.6 Å². The normalized spacial score (nSPS) is 10.3. The SMILES string of the molecule is CCCc1cc(CO)cc(Oc2cccnc2)n1. The van der Waals surface area contributed by atoms with Crippen molar-refractivity contribution in [3.05, 3.63) is 47.9 Å². The van der Waals surface area contributed by atoms with E-state index in [0.717, 1.165) is 24.1 Å². The lowest BCUT2D eigenvalue weighted by Gasteiger charge is -2.08. The van der Waals surface area contributed by atoms with Gasteiger partial charge in [0.2, 0.25) is 5.88 Å². The summed E-state index contributed by atoms with van der Waals surface area (Å²) in [5.41, 5.74) is 1.75. The predicted molar refractivity (Wildman–Crippen MR) is 68.5 cm³/mol. The minimum absolute atomic E-state index is 0.0113. The molecular weight excluding hydrogens is 228 g/mol. The van der Waals surface area contributed by atoms with E-state index in [9.17, 15) is 5.11 Å². The summed E-state index contributed by atoms with van der Waals surface area (Å²) in [7, 11) is 0. The van der Waals surface area contributed by atoms with E-state index in [1.807, 2.05) is 12.1 Å². The lowest BCUT2D eigenvalue weighted by atomic mass is 10.2. The van der Waals surface area contributed by atoms with Gasteiger partial charge in [-0.3, -0.25) is 4.98 Å². The molecule has 2 heterocycles. The lowest BCUT2D eigenvalue weighted by Crippen LogP contribution is -1.97. The number of rotatable bonds is 5. The third kappa shape index (κ3) is 3.28. The van der Waals surface area contributed by atoms with Gasteiger partial charge in [-0.1, -0.05) is 13.3 Å². The molecule has 4 nitrogen and oxygen atoms in total. The molecule has 2 aromatic heterocycles. The maximum absolute atomic E-state index is 9.23. The van der Waals surface area contributed by atoms with Crippen molar-refractivity contribution in [2.75, 3.05) is 0 Å². The van der Waals surface area contributed by atoms with Crippen molar-refractivity contribution >= 4 is 0 Å². The van der Waals surface area contributed by atoms with Gasteiger partial charge in [-0.15, -0.1) is 0 Å². The van der Waals surface area contributed by atoms with Crippen LogP contribution >= 0.6 is 0 Å². The molecule has 2 aromatic rings. The average molecular weight is 244 g/mol. The van der Waals surface area contributed by atoms with Crippen molar-refractivity contribution in [3.8, 4) is 11.6 Å². The Morgan fingerprint density at radius 2 is 2.22 bits per heavy atom. The Bertz CT molecular complexity index is 500. The molecule has 0 aliphatic heterocycles. The van der Waals surface area contributed by atoms with Gasteiger partial charge in [0.1, 0.15) is 5.75 Å². The Balaban J connectivity index is 2.24. The zero-order valence-electron chi connectivity index (χ0n) is 10.3. The summed E-state index contributed by atoms with van der Waals surface area (Å²) < 4.78 is 5.62. The topological polar surface area (TPSA) is 55.2 Å². The second-order valence-electron chi connectivity index (χ2n) is 4.00. The molecule has 0 saturated carbocycles. The van der Waals surface area contributed by atoms with Gasteiger partial charge in [-0.25, -0.2) is 4.98 Å². The van der Waals surface area contributed by atoms with Gasteiger partial charge >= 0.3 is 0 Å². The summed E-state index contributed by atoms with van der Waals surface area (Å²) in [6.07, 6.45) is 5.20. The van der Waals surface area contributed by atoms with Gasteiger partial charge in [0, 0.05) is 18.0 Å². The summed E-state index contributed by atoms with van der Waals surface area (Å²) >= 11 is 0. The molecule has 0 atom stereocenters. The number of hydrogen-bond acceptors (Lipinski definition) is 4. The maximum Gasteiger partial charge on any atom is 0.219 e. The molecule has 0 radical (unpaired) electrons. The standard InChI is InChI=1S/C14H16N2O2/c1-2-4-12-7-11(10-17)8-14(16-12)18-13-5-3-6-15-9-13/h3,5-9,17H,2,4,10H2,1H3. The number of aromatic nitrogens is 2. The molecule has 0 fully saturated rings. The second-order valence-corrected chi connectivity index (χ2v) is 4.00. The van der Waals surface area contributed by atoms with Crippen LogP contribution in [0.3, 0.4) is 0 Å². The molecule has 2 rings (SSSR count). The Hall–Kier alpha value is -1.94. The predicted octanol–water partition coefficient (Wildman–Crippen LogP) is 2.71. The zero-order chi connectivity index (χ0) is 12.8. The molecule has 18 heavy (non-hydrogen) atoms. The second kappa shape index (κ2) is 6.12. The van der Waals surface area contributed by atoms with Gasteiger partial charge in [0.25, 0.3) is 0 Å². The number of aliphatic hydroxyl groups is 1. The van der Waals surface area contributed by atoms with E-state index in [4.69, 9.17) is 4.74 Å². The Morgan fingerprint density at radius 1 is 1.33 bits per heavy atom. The van der Waals surface area contributed by atoms with E-state index in [-0.39, 0.29) is 6.61 Å². The molecule has 0 spiro atoms. The fourth-order valence-electron chi connectivity index (χ4n) is 1.68. The van der Waals surface area contributed by atoms with Crippen LogP contribution in [-0.4, -0.2) is 15.1 Å². The molecule has 0 amide bonds. The summed E-state index contributed by atoms with van der Waals surface area (Å²) in [5, 5.41) is 9.23. The number of ether oxygens (including phenoxy) is 1. The first kappa shape index (κ1) is 12.5. The van der Waals surface area contributed by atoms with Crippen molar-refractivity contribution in [1.29, 1.82) is 0 Å². The molecule has 0 saturated heterocycles. The monoisotopic (exact) mass is 244 g/mol. The van der Waals surface area contributed by atoms with Crippen LogP contribution in [0.5, 0.6) is 11.6 Å². The molecule has 94 valence electrons. The van der Waals surface area contributed by atoms with Crippen LogP contribution in [0.15, 0.2) is 36.7 Å². The molecule has 1 N–H and O–H groups in total. The molecule has 4 heteroatoms. The van der Waals surface area contributed by atoms with E-state index in [0.29, 0.717) is 11.6 Å². The number of nitrogens with zero attached hydrogens (tertiary/aromatic N) is 2. The quantitative estimate of drug-likeness (QED) is 0.878. The minimum Gasteiger partial charge on any atom is -0.437 e. The van der Waals surface area contributed by atoms with E-state index in [2.05, 4.69) is 16.9 Å². The molecule has 0 bridgehead atoms. The zero-order valence-corrected chi connectivity index (χ0v) is 10.3. The maximum atomic E-state index is 9.23. The molecule has 0 aromatic carbocycles. The van der Waals surface area contributed by atoms with Crippen LogP contribution < -0.4 is 4.74 Å². The number of aryl methyl sites for hydroxylation is 1. The van der Waals surface area contributed by atoms with Crippen LogP contribution in [0.2, 0.25) is 0 Å². The Labute approximate surface area is 106 Å². The van der Waals surface area contributed by atoms with Crippen molar-refractivity contribution in [1.82, 2.24) is 9.97 Å². The van der Waals surface area contributed by atoms with Crippen LogP contribution in [0.25, 0.3) is 0 Å². The van der Waals surface area contributed by atoms with Crippen molar-refractivity contribution in [2.24, 2.45) is 0 Å². The highest BCUT2D eigenvalue weighted by Crippen LogP contribution is 2.20. The van der Waals surface area contributed by atoms with E-state index < -0.39 is 0 Å². The highest BCUT2D eigenvalue weighted by molar-refractivity contribution is 5.29. The Kier molecular flexibility index (Phi) is 4.25. The molecular formula is C14H16N2O2. The van der Waals surface area contributed by atoms with E-state index in [1.165, 1.54) is 0 Å². The smallest absolute Gasteiger partial charge is 0.219 e. The van der Waals surface area contributed by atoms with Crippen LogP contribution in [-0.2, 0) is 13.0 Å². The Morgan fingerprint density at radius 3 is 2.89 bits per heavy atom. The number of pyridine rings is 2. The van der Waals surface area contributed by atoms with Gasteiger partial charge in [-0.05, 0) is 30.2 Å². The van der Waals surface area contributed by atoms with Gasteiger partial charge < -0.3 is 9.84 Å².